The van der Waals surface area contributed by atoms with E-state index in [0.717, 1.165) is 38.0 Å². The van der Waals surface area contributed by atoms with Crippen LogP contribution in [-0.2, 0) is 6.54 Å². The molecule has 1 atom stereocenters. The molecule has 0 spiro atoms. The van der Waals surface area contributed by atoms with Gasteiger partial charge in [-0.1, -0.05) is 6.07 Å². The number of likely N-dealkylation sites (tertiary alicyclic amines) is 1. The van der Waals surface area contributed by atoms with E-state index in [0.29, 0.717) is 5.82 Å². The van der Waals surface area contributed by atoms with Crippen LogP contribution in [0.2, 0.25) is 0 Å². The smallest absolute Gasteiger partial charge is 0.127 e. The third-order valence-corrected chi connectivity index (χ3v) is 2.80. The highest BCUT2D eigenvalue weighted by molar-refractivity contribution is 5.38. The van der Waals surface area contributed by atoms with Crippen molar-refractivity contribution in [1.82, 2.24) is 9.88 Å². The predicted octanol–water partition coefficient (Wildman–Crippen LogP) is 0.620. The number of hydrogen-bond acceptors (Lipinski definition) is 4. The summed E-state index contributed by atoms with van der Waals surface area (Å²) in [6, 6.07) is 3.88. The molecule has 0 saturated carbocycles. The SMILES string of the molecule is Nc1ncccc1CN1CCCC(O)C1. The number of anilines is 1. The molecular formula is C11H17N3O. The second-order valence-electron chi connectivity index (χ2n) is 4.08. The van der Waals surface area contributed by atoms with E-state index in [1.54, 1.807) is 6.20 Å². The van der Waals surface area contributed by atoms with Crippen molar-refractivity contribution in [3.8, 4) is 0 Å². The van der Waals surface area contributed by atoms with E-state index in [1.165, 1.54) is 0 Å². The standard InChI is InChI=1S/C11H17N3O/c12-11-9(3-1-5-13-11)7-14-6-2-4-10(15)8-14/h1,3,5,10,15H,2,4,6-8H2,(H2,12,13). The zero-order chi connectivity index (χ0) is 10.7. The van der Waals surface area contributed by atoms with Gasteiger partial charge in [0.2, 0.25) is 0 Å². The van der Waals surface area contributed by atoms with Gasteiger partial charge in [-0.05, 0) is 25.5 Å². The van der Waals surface area contributed by atoms with E-state index in [1.807, 2.05) is 12.1 Å². The Kier molecular flexibility index (Phi) is 3.18. The van der Waals surface area contributed by atoms with Crippen LogP contribution < -0.4 is 5.73 Å². The van der Waals surface area contributed by atoms with E-state index < -0.39 is 0 Å². The minimum atomic E-state index is -0.184. The van der Waals surface area contributed by atoms with Crippen LogP contribution in [-0.4, -0.2) is 34.2 Å². The number of nitrogens with zero attached hydrogens (tertiary/aromatic N) is 2. The largest absolute Gasteiger partial charge is 0.392 e. The molecule has 0 radical (unpaired) electrons. The number of pyridine rings is 1. The highest BCUT2D eigenvalue weighted by Gasteiger charge is 2.18. The van der Waals surface area contributed by atoms with Crippen molar-refractivity contribution < 1.29 is 5.11 Å². The Bertz CT molecular complexity index is 329. The lowest BCUT2D eigenvalue weighted by atomic mass is 10.1. The first-order valence-corrected chi connectivity index (χ1v) is 5.35. The lowest BCUT2D eigenvalue weighted by molar-refractivity contribution is 0.0669. The van der Waals surface area contributed by atoms with Gasteiger partial charge < -0.3 is 10.8 Å². The summed E-state index contributed by atoms with van der Waals surface area (Å²) in [6.45, 7) is 2.57. The molecular weight excluding hydrogens is 190 g/mol. The summed E-state index contributed by atoms with van der Waals surface area (Å²) in [5.41, 5.74) is 6.82. The van der Waals surface area contributed by atoms with E-state index in [9.17, 15) is 5.11 Å². The quantitative estimate of drug-likeness (QED) is 0.746. The molecule has 1 aliphatic rings. The number of aliphatic hydroxyl groups is 1. The summed E-state index contributed by atoms with van der Waals surface area (Å²) >= 11 is 0. The molecule has 3 N–H and O–H groups in total. The van der Waals surface area contributed by atoms with Crippen molar-refractivity contribution >= 4 is 5.82 Å². The van der Waals surface area contributed by atoms with Crippen LogP contribution in [0.3, 0.4) is 0 Å². The summed E-state index contributed by atoms with van der Waals surface area (Å²) in [5.74, 6) is 0.595. The molecule has 4 heteroatoms. The number of aromatic nitrogens is 1. The van der Waals surface area contributed by atoms with Gasteiger partial charge in [0.25, 0.3) is 0 Å². The highest BCUT2D eigenvalue weighted by atomic mass is 16.3. The molecule has 1 aromatic heterocycles. The molecule has 1 aromatic rings. The lowest BCUT2D eigenvalue weighted by Gasteiger charge is -2.30. The number of nitrogen functional groups attached to an aromatic ring is 1. The molecule has 0 bridgehead atoms. The second kappa shape index (κ2) is 4.59. The van der Waals surface area contributed by atoms with Crippen LogP contribution in [0.4, 0.5) is 5.82 Å². The van der Waals surface area contributed by atoms with Gasteiger partial charge in [0.15, 0.2) is 0 Å². The Balaban J connectivity index is 1.99. The Hall–Kier alpha value is -1.13. The Labute approximate surface area is 89.7 Å². The second-order valence-corrected chi connectivity index (χ2v) is 4.08. The summed E-state index contributed by atoms with van der Waals surface area (Å²) in [7, 11) is 0. The van der Waals surface area contributed by atoms with Crippen molar-refractivity contribution in [3.63, 3.8) is 0 Å². The number of hydrogen-bond donors (Lipinski definition) is 2. The van der Waals surface area contributed by atoms with Crippen LogP contribution in [0.25, 0.3) is 0 Å². The van der Waals surface area contributed by atoms with Crippen LogP contribution >= 0.6 is 0 Å². The van der Waals surface area contributed by atoms with E-state index in [2.05, 4.69) is 9.88 Å². The molecule has 0 aromatic carbocycles. The van der Waals surface area contributed by atoms with Gasteiger partial charge in [-0.25, -0.2) is 4.98 Å². The van der Waals surface area contributed by atoms with Crippen molar-refractivity contribution in [2.75, 3.05) is 18.8 Å². The molecule has 4 nitrogen and oxygen atoms in total. The summed E-state index contributed by atoms with van der Waals surface area (Å²) < 4.78 is 0. The van der Waals surface area contributed by atoms with Crippen molar-refractivity contribution in [3.05, 3.63) is 23.9 Å². The predicted molar refractivity (Wildman–Crippen MR) is 59.2 cm³/mol. The number of β-amino-alcohol motifs (C(OH)–C–C–N with tert-alkyl or cyclic N) is 1. The monoisotopic (exact) mass is 207 g/mol. The molecule has 2 rings (SSSR count). The number of nitrogens with two attached hydrogens (primary N) is 1. The maximum Gasteiger partial charge on any atom is 0.127 e. The van der Waals surface area contributed by atoms with Crippen molar-refractivity contribution in [2.45, 2.75) is 25.5 Å². The van der Waals surface area contributed by atoms with E-state index in [4.69, 9.17) is 5.73 Å². The van der Waals surface area contributed by atoms with E-state index in [-0.39, 0.29) is 6.10 Å². The topological polar surface area (TPSA) is 62.4 Å². The van der Waals surface area contributed by atoms with Crippen LogP contribution in [0, 0.1) is 0 Å². The molecule has 15 heavy (non-hydrogen) atoms. The van der Waals surface area contributed by atoms with Gasteiger partial charge in [-0.15, -0.1) is 0 Å². The molecule has 82 valence electrons. The summed E-state index contributed by atoms with van der Waals surface area (Å²) in [6.07, 6.45) is 3.49. The summed E-state index contributed by atoms with van der Waals surface area (Å²) in [5, 5.41) is 9.54. The minimum absolute atomic E-state index is 0.184. The minimum Gasteiger partial charge on any atom is -0.392 e. The fourth-order valence-corrected chi connectivity index (χ4v) is 2.00. The third-order valence-electron chi connectivity index (χ3n) is 2.80. The Morgan fingerprint density at radius 1 is 1.60 bits per heavy atom. The first kappa shape index (κ1) is 10.4. The van der Waals surface area contributed by atoms with Gasteiger partial charge in [0, 0.05) is 24.8 Å². The van der Waals surface area contributed by atoms with Gasteiger partial charge in [0.1, 0.15) is 5.82 Å². The average molecular weight is 207 g/mol. The fraction of sp³-hybridized carbons (Fsp3) is 0.545. The van der Waals surface area contributed by atoms with E-state index >= 15 is 0 Å². The lowest BCUT2D eigenvalue weighted by Crippen LogP contribution is -2.37. The molecule has 1 unspecified atom stereocenters. The van der Waals surface area contributed by atoms with Crippen LogP contribution in [0.5, 0.6) is 0 Å². The Morgan fingerprint density at radius 3 is 3.20 bits per heavy atom. The first-order valence-electron chi connectivity index (χ1n) is 5.35. The first-order chi connectivity index (χ1) is 7.25. The van der Waals surface area contributed by atoms with Gasteiger partial charge in [-0.2, -0.15) is 0 Å². The average Bonchev–Trinajstić information content (AvgIpc) is 2.22. The maximum atomic E-state index is 9.54. The van der Waals surface area contributed by atoms with Gasteiger partial charge in [0.05, 0.1) is 6.10 Å². The van der Waals surface area contributed by atoms with Crippen LogP contribution in [0.1, 0.15) is 18.4 Å². The number of aliphatic hydroxyl groups excluding tert-OH is 1. The molecule has 1 saturated heterocycles. The zero-order valence-electron chi connectivity index (χ0n) is 8.76. The van der Waals surface area contributed by atoms with Gasteiger partial charge >= 0.3 is 0 Å². The van der Waals surface area contributed by atoms with Crippen molar-refractivity contribution in [1.29, 1.82) is 0 Å². The highest BCUT2D eigenvalue weighted by Crippen LogP contribution is 2.15. The number of piperidine rings is 1. The molecule has 2 heterocycles. The summed E-state index contributed by atoms with van der Waals surface area (Å²) in [4.78, 5) is 6.28. The van der Waals surface area contributed by atoms with Crippen LogP contribution in [0.15, 0.2) is 18.3 Å². The normalized spacial score (nSPS) is 22.9. The maximum absolute atomic E-state index is 9.54. The molecule has 1 aliphatic heterocycles. The molecule has 1 fully saturated rings. The molecule has 0 amide bonds. The van der Waals surface area contributed by atoms with Crippen molar-refractivity contribution in [2.24, 2.45) is 0 Å². The molecule has 0 aliphatic carbocycles. The third kappa shape index (κ3) is 2.67. The van der Waals surface area contributed by atoms with Gasteiger partial charge in [-0.3, -0.25) is 4.90 Å². The fourth-order valence-electron chi connectivity index (χ4n) is 2.00. The number of rotatable bonds is 2. The zero-order valence-corrected chi connectivity index (χ0v) is 8.76. The Morgan fingerprint density at radius 2 is 2.47 bits per heavy atom.